The quantitative estimate of drug-likeness (QED) is 0.732. The Hall–Kier alpha value is -0.620. The highest BCUT2D eigenvalue weighted by Crippen LogP contribution is 2.27. The minimum absolute atomic E-state index is 0.00342. The SMILES string of the molecule is CN(CC(=O)NCC1CC1)C1CCS(=O)(=O)C1. The van der Waals surface area contributed by atoms with Crippen LogP contribution in [0, 0.1) is 5.92 Å². The summed E-state index contributed by atoms with van der Waals surface area (Å²) in [6.45, 7) is 1.07. The first kappa shape index (κ1) is 12.8. The zero-order valence-corrected chi connectivity index (χ0v) is 11.0. The van der Waals surface area contributed by atoms with Gasteiger partial charge in [-0.2, -0.15) is 0 Å². The molecule has 2 aliphatic rings. The van der Waals surface area contributed by atoms with Gasteiger partial charge >= 0.3 is 0 Å². The normalized spacial score (nSPS) is 27.3. The Bertz CT molecular complexity index is 390. The zero-order valence-electron chi connectivity index (χ0n) is 10.2. The molecule has 1 aliphatic carbocycles. The Kier molecular flexibility index (Phi) is 3.73. The van der Waals surface area contributed by atoms with Crippen molar-refractivity contribution >= 4 is 15.7 Å². The number of sulfone groups is 1. The van der Waals surface area contributed by atoms with E-state index >= 15 is 0 Å². The molecule has 5 nitrogen and oxygen atoms in total. The van der Waals surface area contributed by atoms with Crippen molar-refractivity contribution in [2.75, 3.05) is 31.6 Å². The third-order valence-corrected chi connectivity index (χ3v) is 5.26. The fraction of sp³-hybridized carbons (Fsp3) is 0.909. The van der Waals surface area contributed by atoms with E-state index in [-0.39, 0.29) is 23.5 Å². The molecule has 2 rings (SSSR count). The molecule has 0 spiro atoms. The van der Waals surface area contributed by atoms with Crippen LogP contribution in [-0.2, 0) is 14.6 Å². The zero-order chi connectivity index (χ0) is 12.5. The van der Waals surface area contributed by atoms with E-state index < -0.39 is 9.84 Å². The average Bonchev–Trinajstić information content (AvgIpc) is 2.99. The van der Waals surface area contributed by atoms with Crippen molar-refractivity contribution in [1.29, 1.82) is 0 Å². The molecule has 2 fully saturated rings. The first-order valence-corrected chi connectivity index (χ1v) is 7.96. The molecule has 1 amide bonds. The minimum atomic E-state index is -2.87. The summed E-state index contributed by atoms with van der Waals surface area (Å²) in [4.78, 5) is 13.5. The molecule has 1 atom stereocenters. The Morgan fingerprint density at radius 3 is 2.59 bits per heavy atom. The number of carbonyl (C=O) groups is 1. The molecule has 0 aromatic heterocycles. The van der Waals surface area contributed by atoms with Gasteiger partial charge < -0.3 is 5.32 Å². The maximum absolute atomic E-state index is 11.6. The van der Waals surface area contributed by atoms with Crippen molar-refractivity contribution < 1.29 is 13.2 Å². The van der Waals surface area contributed by atoms with E-state index in [1.54, 1.807) is 0 Å². The Morgan fingerprint density at radius 1 is 1.35 bits per heavy atom. The minimum Gasteiger partial charge on any atom is -0.355 e. The van der Waals surface area contributed by atoms with Gasteiger partial charge in [0.05, 0.1) is 18.1 Å². The van der Waals surface area contributed by atoms with E-state index in [1.807, 2.05) is 11.9 Å². The molecule has 1 aliphatic heterocycles. The average molecular weight is 260 g/mol. The van der Waals surface area contributed by atoms with Gasteiger partial charge in [-0.25, -0.2) is 8.42 Å². The molecule has 1 saturated carbocycles. The Balaban J connectivity index is 1.72. The Morgan fingerprint density at radius 2 is 2.06 bits per heavy atom. The molecule has 6 heteroatoms. The predicted molar refractivity (Wildman–Crippen MR) is 65.4 cm³/mol. The topological polar surface area (TPSA) is 66.5 Å². The highest BCUT2D eigenvalue weighted by atomic mass is 32.2. The molecule has 0 aromatic carbocycles. The number of carbonyl (C=O) groups excluding carboxylic acids is 1. The number of rotatable bonds is 5. The number of amides is 1. The van der Waals surface area contributed by atoms with E-state index in [0.29, 0.717) is 18.9 Å². The summed E-state index contributed by atoms with van der Waals surface area (Å²) in [6, 6.07) is 0.00618. The van der Waals surface area contributed by atoms with Crippen molar-refractivity contribution in [1.82, 2.24) is 10.2 Å². The first-order chi connectivity index (χ1) is 7.96. The van der Waals surface area contributed by atoms with Gasteiger partial charge in [-0.1, -0.05) is 0 Å². The lowest BCUT2D eigenvalue weighted by molar-refractivity contribution is -0.122. The van der Waals surface area contributed by atoms with Gasteiger partial charge in [-0.05, 0) is 32.2 Å². The summed E-state index contributed by atoms with van der Waals surface area (Å²) >= 11 is 0. The van der Waals surface area contributed by atoms with E-state index in [0.717, 1.165) is 6.54 Å². The lowest BCUT2D eigenvalue weighted by atomic mass is 10.2. The lowest BCUT2D eigenvalue weighted by Crippen LogP contribution is -2.41. The lowest BCUT2D eigenvalue weighted by Gasteiger charge is -2.22. The van der Waals surface area contributed by atoms with Gasteiger partial charge in [0.15, 0.2) is 9.84 Å². The maximum Gasteiger partial charge on any atom is 0.234 e. The molecule has 1 heterocycles. The fourth-order valence-corrected chi connectivity index (χ4v) is 3.92. The van der Waals surface area contributed by atoms with Gasteiger partial charge in [0.2, 0.25) is 5.91 Å². The van der Waals surface area contributed by atoms with Crippen molar-refractivity contribution in [3.05, 3.63) is 0 Å². The number of hydrogen-bond acceptors (Lipinski definition) is 4. The van der Waals surface area contributed by atoms with Gasteiger partial charge in [-0.3, -0.25) is 9.69 Å². The monoisotopic (exact) mass is 260 g/mol. The molecule has 1 unspecified atom stereocenters. The number of nitrogens with one attached hydrogen (secondary N) is 1. The van der Waals surface area contributed by atoms with Crippen LogP contribution < -0.4 is 5.32 Å². The van der Waals surface area contributed by atoms with Gasteiger partial charge in [0.1, 0.15) is 0 Å². The van der Waals surface area contributed by atoms with Crippen molar-refractivity contribution in [3.8, 4) is 0 Å². The summed E-state index contributed by atoms with van der Waals surface area (Å²) in [6.07, 6.45) is 3.09. The van der Waals surface area contributed by atoms with Crippen LogP contribution in [0.25, 0.3) is 0 Å². The van der Waals surface area contributed by atoms with Crippen LogP contribution in [0.4, 0.5) is 0 Å². The largest absolute Gasteiger partial charge is 0.355 e. The molecule has 0 bridgehead atoms. The number of nitrogens with zero attached hydrogens (tertiary/aromatic N) is 1. The molecule has 0 aromatic rings. The van der Waals surface area contributed by atoms with Crippen LogP contribution >= 0.6 is 0 Å². The second-order valence-electron chi connectivity index (χ2n) is 5.22. The summed E-state index contributed by atoms with van der Waals surface area (Å²) in [5.74, 6) is 1.13. The maximum atomic E-state index is 11.6. The number of likely N-dealkylation sites (N-methyl/N-ethyl adjacent to an activating group) is 1. The van der Waals surface area contributed by atoms with Crippen molar-refractivity contribution in [3.63, 3.8) is 0 Å². The molecule has 1 N–H and O–H groups in total. The second kappa shape index (κ2) is 4.94. The second-order valence-corrected chi connectivity index (χ2v) is 7.45. The van der Waals surface area contributed by atoms with E-state index in [9.17, 15) is 13.2 Å². The van der Waals surface area contributed by atoms with Crippen molar-refractivity contribution in [2.45, 2.75) is 25.3 Å². The Labute approximate surface area is 102 Å². The molecule has 1 saturated heterocycles. The van der Waals surface area contributed by atoms with Crippen LogP contribution in [0.15, 0.2) is 0 Å². The molecular weight excluding hydrogens is 240 g/mol. The standard InChI is InChI=1S/C11H20N2O3S/c1-13(10-4-5-17(15,16)8-10)7-11(14)12-6-9-2-3-9/h9-10H,2-8H2,1H3,(H,12,14). The summed E-state index contributed by atoms with van der Waals surface area (Å²) in [5.41, 5.74) is 0. The van der Waals surface area contributed by atoms with Crippen LogP contribution in [0.2, 0.25) is 0 Å². The highest BCUT2D eigenvalue weighted by molar-refractivity contribution is 7.91. The fourth-order valence-electron chi connectivity index (χ4n) is 2.11. The van der Waals surface area contributed by atoms with Crippen LogP contribution in [0.5, 0.6) is 0 Å². The summed E-state index contributed by atoms with van der Waals surface area (Å²) < 4.78 is 22.7. The molecule has 0 radical (unpaired) electrons. The smallest absolute Gasteiger partial charge is 0.234 e. The summed E-state index contributed by atoms with van der Waals surface area (Å²) in [5, 5.41) is 2.89. The first-order valence-electron chi connectivity index (χ1n) is 6.13. The van der Waals surface area contributed by atoms with E-state index in [2.05, 4.69) is 5.32 Å². The van der Waals surface area contributed by atoms with Crippen molar-refractivity contribution in [2.24, 2.45) is 5.92 Å². The number of hydrogen-bond donors (Lipinski definition) is 1. The van der Waals surface area contributed by atoms with Crippen LogP contribution in [0.3, 0.4) is 0 Å². The van der Waals surface area contributed by atoms with E-state index in [4.69, 9.17) is 0 Å². The molecular formula is C11H20N2O3S. The highest BCUT2D eigenvalue weighted by Gasteiger charge is 2.31. The summed E-state index contributed by atoms with van der Waals surface area (Å²) in [7, 11) is -1.04. The van der Waals surface area contributed by atoms with Gasteiger partial charge in [-0.15, -0.1) is 0 Å². The third-order valence-electron chi connectivity index (χ3n) is 3.51. The van der Waals surface area contributed by atoms with Gasteiger partial charge in [0, 0.05) is 12.6 Å². The molecule has 98 valence electrons. The van der Waals surface area contributed by atoms with Crippen LogP contribution in [-0.4, -0.2) is 56.9 Å². The van der Waals surface area contributed by atoms with E-state index in [1.165, 1.54) is 12.8 Å². The van der Waals surface area contributed by atoms with Gasteiger partial charge in [0.25, 0.3) is 0 Å². The van der Waals surface area contributed by atoms with Crippen LogP contribution in [0.1, 0.15) is 19.3 Å². The third kappa shape index (κ3) is 3.96. The molecule has 17 heavy (non-hydrogen) atoms. The predicted octanol–water partition coefficient (Wildman–Crippen LogP) is -0.368.